The van der Waals surface area contributed by atoms with Gasteiger partial charge >= 0.3 is 0 Å². The molecule has 1 aromatic carbocycles. The quantitative estimate of drug-likeness (QED) is 0.694. The minimum Gasteiger partial charge on any atom is -0.294 e. The molecular formula is C16H14ClN3O. The molecule has 0 aliphatic rings. The lowest BCUT2D eigenvalue weighted by Crippen LogP contribution is -2.06. The van der Waals surface area contributed by atoms with Crippen molar-refractivity contribution < 1.29 is 4.79 Å². The minimum absolute atomic E-state index is 0.000617. The number of rotatable bonds is 4. The summed E-state index contributed by atoms with van der Waals surface area (Å²) in [5, 5.41) is 4.80. The maximum absolute atomic E-state index is 12.5. The average Bonchev–Trinajstić information content (AvgIpc) is 2.91. The molecule has 0 N–H and O–H groups in total. The molecule has 0 saturated heterocycles. The molecule has 0 aliphatic carbocycles. The minimum atomic E-state index is 0.000617. The number of carbonyl (C=O) groups is 1. The van der Waals surface area contributed by atoms with E-state index >= 15 is 0 Å². The van der Waals surface area contributed by atoms with Gasteiger partial charge in [-0.2, -0.15) is 5.10 Å². The zero-order valence-corrected chi connectivity index (χ0v) is 12.3. The Bertz CT molecular complexity index is 810. The number of hydrogen-bond donors (Lipinski definition) is 0. The molecule has 4 nitrogen and oxygen atoms in total. The van der Waals surface area contributed by atoms with Crippen molar-refractivity contribution >= 4 is 23.0 Å². The Morgan fingerprint density at radius 1 is 1.33 bits per heavy atom. The lowest BCUT2D eigenvalue weighted by molar-refractivity contribution is 0.0994. The van der Waals surface area contributed by atoms with Crippen LogP contribution >= 0.6 is 11.6 Å². The summed E-state index contributed by atoms with van der Waals surface area (Å²) in [4.78, 5) is 16.7. The van der Waals surface area contributed by atoms with Crippen LogP contribution in [0.15, 0.2) is 42.9 Å². The Labute approximate surface area is 127 Å². The summed E-state index contributed by atoms with van der Waals surface area (Å²) in [6, 6.07) is 7.46. The zero-order valence-electron chi connectivity index (χ0n) is 11.6. The summed E-state index contributed by atoms with van der Waals surface area (Å²) in [6.07, 6.45) is 6.18. The SMILES string of the molecule is CCc1ccc(Cl)cc1CC(=O)c1cnn2cccnc12. The maximum Gasteiger partial charge on any atom is 0.172 e. The molecule has 2 aromatic heterocycles. The van der Waals surface area contributed by atoms with E-state index in [0.29, 0.717) is 22.7 Å². The van der Waals surface area contributed by atoms with E-state index in [0.717, 1.165) is 17.5 Å². The van der Waals surface area contributed by atoms with Gasteiger partial charge in [-0.05, 0) is 35.7 Å². The topological polar surface area (TPSA) is 47.3 Å². The number of aryl methyl sites for hydroxylation is 1. The van der Waals surface area contributed by atoms with Crippen LogP contribution in [-0.2, 0) is 12.8 Å². The van der Waals surface area contributed by atoms with Gasteiger partial charge < -0.3 is 0 Å². The van der Waals surface area contributed by atoms with Gasteiger partial charge in [-0.25, -0.2) is 9.50 Å². The number of carbonyl (C=O) groups excluding carboxylic acids is 1. The second kappa shape index (κ2) is 5.66. The van der Waals surface area contributed by atoms with Crippen molar-refractivity contribution in [2.45, 2.75) is 19.8 Å². The molecule has 3 rings (SSSR count). The number of Topliss-reactive ketones (excluding diaryl/α,β-unsaturated/α-hetero) is 1. The highest BCUT2D eigenvalue weighted by molar-refractivity contribution is 6.30. The van der Waals surface area contributed by atoms with Gasteiger partial charge in [0.1, 0.15) is 0 Å². The Morgan fingerprint density at radius 3 is 3.00 bits per heavy atom. The summed E-state index contributed by atoms with van der Waals surface area (Å²) in [7, 11) is 0. The van der Waals surface area contributed by atoms with E-state index in [1.807, 2.05) is 18.2 Å². The fourth-order valence-corrected chi connectivity index (χ4v) is 2.59. The highest BCUT2D eigenvalue weighted by Crippen LogP contribution is 2.19. The van der Waals surface area contributed by atoms with Gasteiger partial charge in [0, 0.05) is 23.8 Å². The number of fused-ring (bicyclic) bond motifs is 1. The van der Waals surface area contributed by atoms with Crippen LogP contribution in [0.3, 0.4) is 0 Å². The van der Waals surface area contributed by atoms with Crippen molar-refractivity contribution in [1.29, 1.82) is 0 Å². The van der Waals surface area contributed by atoms with Gasteiger partial charge in [0.15, 0.2) is 11.4 Å². The predicted octanol–water partition coefficient (Wildman–Crippen LogP) is 3.37. The molecule has 0 aliphatic heterocycles. The summed E-state index contributed by atoms with van der Waals surface area (Å²) in [5.41, 5.74) is 3.22. The third-order valence-corrected chi connectivity index (χ3v) is 3.72. The number of ketones is 1. The van der Waals surface area contributed by atoms with Gasteiger partial charge in [0.05, 0.1) is 11.8 Å². The molecule has 0 unspecified atom stereocenters. The molecule has 0 bridgehead atoms. The number of nitrogens with zero attached hydrogens (tertiary/aromatic N) is 3. The Balaban J connectivity index is 1.95. The largest absolute Gasteiger partial charge is 0.294 e. The smallest absolute Gasteiger partial charge is 0.172 e. The van der Waals surface area contributed by atoms with Crippen molar-refractivity contribution in [3.8, 4) is 0 Å². The first-order valence-electron chi connectivity index (χ1n) is 6.78. The fourth-order valence-electron chi connectivity index (χ4n) is 2.40. The van der Waals surface area contributed by atoms with Gasteiger partial charge in [0.2, 0.25) is 0 Å². The first-order valence-corrected chi connectivity index (χ1v) is 7.15. The number of halogens is 1. The number of aromatic nitrogens is 3. The van der Waals surface area contributed by atoms with Gasteiger partial charge in [-0.3, -0.25) is 4.79 Å². The monoisotopic (exact) mass is 299 g/mol. The van der Waals surface area contributed by atoms with Crippen LogP contribution in [0, 0.1) is 0 Å². The highest BCUT2D eigenvalue weighted by Gasteiger charge is 2.15. The Morgan fingerprint density at radius 2 is 2.19 bits per heavy atom. The molecule has 2 heterocycles. The van der Waals surface area contributed by atoms with E-state index in [9.17, 15) is 4.79 Å². The molecule has 0 atom stereocenters. The second-order valence-electron chi connectivity index (χ2n) is 4.81. The van der Waals surface area contributed by atoms with Gasteiger partial charge in [-0.1, -0.05) is 24.6 Å². The molecule has 106 valence electrons. The molecule has 0 amide bonds. The van der Waals surface area contributed by atoms with Crippen LogP contribution in [-0.4, -0.2) is 20.4 Å². The summed E-state index contributed by atoms with van der Waals surface area (Å²) < 4.78 is 1.60. The van der Waals surface area contributed by atoms with Crippen LogP contribution in [0.1, 0.15) is 28.4 Å². The molecule has 0 radical (unpaired) electrons. The maximum atomic E-state index is 12.5. The Hall–Kier alpha value is -2.20. The highest BCUT2D eigenvalue weighted by atomic mass is 35.5. The van der Waals surface area contributed by atoms with E-state index in [1.165, 1.54) is 0 Å². The molecule has 5 heteroatoms. The van der Waals surface area contributed by atoms with Crippen molar-refractivity contribution in [1.82, 2.24) is 14.6 Å². The molecule has 0 spiro atoms. The normalized spacial score (nSPS) is 11.0. The van der Waals surface area contributed by atoms with Gasteiger partial charge in [0.25, 0.3) is 0 Å². The molecule has 0 fully saturated rings. The van der Waals surface area contributed by atoms with Crippen molar-refractivity contribution in [3.05, 3.63) is 64.6 Å². The van der Waals surface area contributed by atoms with Crippen molar-refractivity contribution in [2.75, 3.05) is 0 Å². The van der Waals surface area contributed by atoms with Crippen molar-refractivity contribution in [3.63, 3.8) is 0 Å². The van der Waals surface area contributed by atoms with E-state index in [4.69, 9.17) is 11.6 Å². The van der Waals surface area contributed by atoms with Gasteiger partial charge in [-0.15, -0.1) is 0 Å². The summed E-state index contributed by atoms with van der Waals surface area (Å²) >= 11 is 6.04. The predicted molar refractivity (Wildman–Crippen MR) is 81.9 cm³/mol. The molecule has 0 saturated carbocycles. The van der Waals surface area contributed by atoms with Crippen LogP contribution in [0.2, 0.25) is 5.02 Å². The molecule has 21 heavy (non-hydrogen) atoms. The van der Waals surface area contributed by atoms with E-state index in [1.54, 1.807) is 29.2 Å². The first-order chi connectivity index (χ1) is 10.2. The van der Waals surface area contributed by atoms with E-state index in [2.05, 4.69) is 17.0 Å². The lowest BCUT2D eigenvalue weighted by atomic mass is 9.98. The zero-order chi connectivity index (χ0) is 14.8. The average molecular weight is 300 g/mol. The third kappa shape index (κ3) is 2.67. The van der Waals surface area contributed by atoms with Crippen LogP contribution in [0.4, 0.5) is 0 Å². The Kier molecular flexibility index (Phi) is 3.71. The van der Waals surface area contributed by atoms with Crippen LogP contribution in [0.5, 0.6) is 0 Å². The standard InChI is InChI=1S/C16H14ClN3O/c1-2-11-4-5-13(17)8-12(11)9-15(21)14-10-19-20-7-3-6-18-16(14)20/h3-8,10H,2,9H2,1H3. The summed E-state index contributed by atoms with van der Waals surface area (Å²) in [5.74, 6) is 0.000617. The number of hydrogen-bond acceptors (Lipinski definition) is 3. The second-order valence-corrected chi connectivity index (χ2v) is 5.25. The van der Waals surface area contributed by atoms with Crippen LogP contribution in [0.25, 0.3) is 5.65 Å². The fraction of sp³-hybridized carbons (Fsp3) is 0.188. The van der Waals surface area contributed by atoms with Crippen LogP contribution < -0.4 is 0 Å². The molecular weight excluding hydrogens is 286 g/mol. The molecule has 3 aromatic rings. The first kappa shape index (κ1) is 13.8. The summed E-state index contributed by atoms with van der Waals surface area (Å²) in [6.45, 7) is 2.06. The third-order valence-electron chi connectivity index (χ3n) is 3.48. The lowest BCUT2D eigenvalue weighted by Gasteiger charge is -2.07. The van der Waals surface area contributed by atoms with E-state index in [-0.39, 0.29) is 5.78 Å². The van der Waals surface area contributed by atoms with Crippen molar-refractivity contribution in [2.24, 2.45) is 0 Å². The van der Waals surface area contributed by atoms with E-state index < -0.39 is 0 Å². The number of benzene rings is 1.